The Hall–Kier alpha value is -2.20. The van der Waals surface area contributed by atoms with Crippen molar-refractivity contribution in [2.75, 3.05) is 19.0 Å². The Bertz CT molecular complexity index is 684. The maximum atomic E-state index is 6.10. The first-order valence-electron chi connectivity index (χ1n) is 7.38. The molecule has 0 amide bonds. The predicted molar refractivity (Wildman–Crippen MR) is 97.6 cm³/mol. The van der Waals surface area contributed by atoms with E-state index < -0.39 is 0 Å². The molecular weight excluding hydrogens is 310 g/mol. The number of nitrogens with two attached hydrogens (primary N) is 1. The zero-order chi connectivity index (χ0) is 16.9. The number of ether oxygens (including phenoxy) is 1. The van der Waals surface area contributed by atoms with E-state index in [-0.39, 0.29) is 5.41 Å². The molecule has 5 heteroatoms. The minimum Gasteiger partial charge on any atom is -0.495 e. The molecule has 23 heavy (non-hydrogen) atoms. The lowest BCUT2D eigenvalue weighted by atomic mass is 9.85. The number of hydrogen-bond acceptors (Lipinski definition) is 2. The summed E-state index contributed by atoms with van der Waals surface area (Å²) in [6.45, 7) is 4.87. The van der Waals surface area contributed by atoms with Crippen LogP contribution in [0.25, 0.3) is 0 Å². The fourth-order valence-corrected chi connectivity index (χ4v) is 2.45. The third-order valence-electron chi connectivity index (χ3n) is 3.62. The summed E-state index contributed by atoms with van der Waals surface area (Å²) in [6.07, 6.45) is 0. The van der Waals surface area contributed by atoms with E-state index >= 15 is 0 Å². The monoisotopic (exact) mass is 331 g/mol. The molecular formula is C18H22ClN3O. The Morgan fingerprint density at radius 2 is 1.91 bits per heavy atom. The Balaban J connectivity index is 2.04. The fourth-order valence-electron chi connectivity index (χ4n) is 2.19. The molecule has 4 nitrogen and oxygen atoms in total. The van der Waals surface area contributed by atoms with Crippen LogP contribution in [0.3, 0.4) is 0 Å². The second kappa shape index (κ2) is 7.38. The number of methoxy groups -OCH3 is 1. The van der Waals surface area contributed by atoms with Crippen LogP contribution in [0.15, 0.2) is 53.5 Å². The molecule has 0 bridgehead atoms. The van der Waals surface area contributed by atoms with Crippen molar-refractivity contribution in [3.8, 4) is 5.75 Å². The van der Waals surface area contributed by atoms with Crippen LogP contribution in [0, 0.1) is 0 Å². The van der Waals surface area contributed by atoms with Crippen molar-refractivity contribution in [2.45, 2.75) is 19.3 Å². The van der Waals surface area contributed by atoms with Gasteiger partial charge < -0.3 is 15.8 Å². The highest BCUT2D eigenvalue weighted by Crippen LogP contribution is 2.27. The molecule has 0 atom stereocenters. The highest BCUT2D eigenvalue weighted by atomic mass is 35.5. The van der Waals surface area contributed by atoms with Gasteiger partial charge in [-0.2, -0.15) is 0 Å². The topological polar surface area (TPSA) is 59.6 Å². The number of anilines is 1. The van der Waals surface area contributed by atoms with Gasteiger partial charge >= 0.3 is 0 Å². The normalized spacial score (nSPS) is 12.1. The van der Waals surface area contributed by atoms with Crippen molar-refractivity contribution in [3.63, 3.8) is 0 Å². The van der Waals surface area contributed by atoms with E-state index in [4.69, 9.17) is 22.1 Å². The molecule has 2 aromatic rings. The molecule has 122 valence electrons. The highest BCUT2D eigenvalue weighted by Gasteiger charge is 2.19. The third kappa shape index (κ3) is 4.63. The van der Waals surface area contributed by atoms with Crippen molar-refractivity contribution in [2.24, 2.45) is 10.7 Å². The molecule has 2 aromatic carbocycles. The number of nitrogens with zero attached hydrogens (tertiary/aromatic N) is 1. The summed E-state index contributed by atoms with van der Waals surface area (Å²) >= 11 is 6.10. The average molecular weight is 332 g/mol. The Kier molecular flexibility index (Phi) is 5.50. The Morgan fingerprint density at radius 1 is 1.22 bits per heavy atom. The highest BCUT2D eigenvalue weighted by molar-refractivity contribution is 6.32. The number of rotatable bonds is 5. The third-order valence-corrected chi connectivity index (χ3v) is 3.92. The van der Waals surface area contributed by atoms with E-state index in [0.717, 1.165) is 5.69 Å². The van der Waals surface area contributed by atoms with Crippen LogP contribution < -0.4 is 15.8 Å². The van der Waals surface area contributed by atoms with E-state index in [0.29, 0.717) is 23.3 Å². The zero-order valence-electron chi connectivity index (χ0n) is 13.6. The molecule has 0 saturated heterocycles. The zero-order valence-corrected chi connectivity index (χ0v) is 14.4. The number of nitrogens with one attached hydrogen (secondary N) is 1. The molecule has 0 fully saturated rings. The van der Waals surface area contributed by atoms with E-state index in [2.05, 4.69) is 36.3 Å². The second-order valence-electron chi connectivity index (χ2n) is 5.93. The standard InChI is InChI=1S/C18H22ClN3O/c1-18(2,13-7-5-4-6-8-13)12-21-17(20)22-14-9-10-16(23-3)15(19)11-14/h4-11H,12H2,1-3H3,(H3,20,21,22). The van der Waals surface area contributed by atoms with Gasteiger partial charge in [0.25, 0.3) is 0 Å². The molecule has 0 aliphatic rings. The molecule has 3 N–H and O–H groups in total. The molecule has 0 radical (unpaired) electrons. The fraction of sp³-hybridized carbons (Fsp3) is 0.278. The maximum Gasteiger partial charge on any atom is 0.193 e. The van der Waals surface area contributed by atoms with Crippen molar-refractivity contribution in [1.29, 1.82) is 0 Å². The first-order valence-corrected chi connectivity index (χ1v) is 7.76. The largest absolute Gasteiger partial charge is 0.495 e. The predicted octanol–water partition coefficient (Wildman–Crippen LogP) is 4.05. The van der Waals surface area contributed by atoms with Crippen molar-refractivity contribution in [3.05, 3.63) is 59.1 Å². The lowest BCUT2D eigenvalue weighted by Crippen LogP contribution is -2.27. The lowest BCUT2D eigenvalue weighted by Gasteiger charge is -2.23. The van der Waals surface area contributed by atoms with Gasteiger partial charge in [-0.3, -0.25) is 4.99 Å². The summed E-state index contributed by atoms with van der Waals surface area (Å²) in [5, 5.41) is 3.57. The SMILES string of the molecule is COc1ccc(NC(N)=NCC(C)(C)c2ccccc2)cc1Cl. The summed E-state index contributed by atoms with van der Waals surface area (Å²) in [6, 6.07) is 15.6. The molecule has 0 spiro atoms. The van der Waals surface area contributed by atoms with Crippen LogP contribution >= 0.6 is 11.6 Å². The van der Waals surface area contributed by atoms with Gasteiger partial charge in [-0.15, -0.1) is 0 Å². The maximum absolute atomic E-state index is 6.10. The van der Waals surface area contributed by atoms with Crippen molar-refractivity contribution in [1.82, 2.24) is 0 Å². The van der Waals surface area contributed by atoms with Gasteiger partial charge in [-0.25, -0.2) is 0 Å². The van der Waals surface area contributed by atoms with E-state index in [1.807, 2.05) is 24.3 Å². The van der Waals surface area contributed by atoms with Crippen LogP contribution in [0.5, 0.6) is 5.75 Å². The molecule has 0 aliphatic heterocycles. The number of aliphatic imine (C=N–C) groups is 1. The van der Waals surface area contributed by atoms with Crippen molar-refractivity contribution < 1.29 is 4.74 Å². The molecule has 0 unspecified atom stereocenters. The molecule has 0 heterocycles. The Morgan fingerprint density at radius 3 is 2.52 bits per heavy atom. The summed E-state index contributed by atoms with van der Waals surface area (Å²) < 4.78 is 5.12. The van der Waals surface area contributed by atoms with E-state index in [1.54, 1.807) is 19.2 Å². The van der Waals surface area contributed by atoms with Gasteiger partial charge in [0.15, 0.2) is 5.96 Å². The minimum atomic E-state index is -0.0921. The van der Waals surface area contributed by atoms with Gasteiger partial charge in [-0.05, 0) is 23.8 Å². The number of benzene rings is 2. The first-order chi connectivity index (χ1) is 10.9. The van der Waals surface area contributed by atoms with Crippen molar-refractivity contribution >= 4 is 23.2 Å². The minimum absolute atomic E-state index is 0.0921. The quantitative estimate of drug-likeness (QED) is 0.641. The molecule has 0 aliphatic carbocycles. The number of guanidine groups is 1. The summed E-state index contributed by atoms with van der Waals surface area (Å²) in [4.78, 5) is 4.45. The van der Waals surface area contributed by atoms with Crippen LogP contribution in [0.2, 0.25) is 5.02 Å². The van der Waals surface area contributed by atoms with Gasteiger partial charge in [0.05, 0.1) is 18.7 Å². The van der Waals surface area contributed by atoms with Crippen LogP contribution in [-0.4, -0.2) is 19.6 Å². The molecule has 0 aromatic heterocycles. The smallest absolute Gasteiger partial charge is 0.193 e. The summed E-state index contributed by atoms with van der Waals surface area (Å²) in [7, 11) is 1.58. The lowest BCUT2D eigenvalue weighted by molar-refractivity contribution is 0.415. The number of halogens is 1. The van der Waals surface area contributed by atoms with E-state index in [9.17, 15) is 0 Å². The Labute approximate surface area is 142 Å². The van der Waals surface area contributed by atoms with Gasteiger partial charge in [0.1, 0.15) is 5.75 Å². The van der Waals surface area contributed by atoms with Gasteiger partial charge in [0, 0.05) is 11.1 Å². The summed E-state index contributed by atoms with van der Waals surface area (Å²) in [5.41, 5.74) is 7.88. The first kappa shape index (κ1) is 17.2. The van der Waals surface area contributed by atoms with Crippen LogP contribution in [-0.2, 0) is 5.41 Å². The van der Waals surface area contributed by atoms with Gasteiger partial charge in [0.2, 0.25) is 0 Å². The average Bonchev–Trinajstić information content (AvgIpc) is 2.54. The second-order valence-corrected chi connectivity index (χ2v) is 6.33. The summed E-state index contributed by atoms with van der Waals surface area (Å²) in [5.74, 6) is 0.980. The molecule has 0 saturated carbocycles. The van der Waals surface area contributed by atoms with E-state index in [1.165, 1.54) is 5.56 Å². The molecule has 2 rings (SSSR count). The van der Waals surface area contributed by atoms with Crippen LogP contribution in [0.4, 0.5) is 5.69 Å². The number of hydrogen-bond donors (Lipinski definition) is 2. The van der Waals surface area contributed by atoms with Gasteiger partial charge in [-0.1, -0.05) is 55.8 Å². The van der Waals surface area contributed by atoms with Crippen LogP contribution in [0.1, 0.15) is 19.4 Å².